The molecule has 98 valence electrons. The molecule has 1 heterocycles. The summed E-state index contributed by atoms with van der Waals surface area (Å²) >= 11 is 5.65. The smallest absolute Gasteiger partial charge is 0.356 e. The zero-order chi connectivity index (χ0) is 14.0. The summed E-state index contributed by atoms with van der Waals surface area (Å²) in [5.74, 6) is -3.35. The van der Waals surface area contributed by atoms with Gasteiger partial charge in [-0.3, -0.25) is 0 Å². The summed E-state index contributed by atoms with van der Waals surface area (Å²) < 4.78 is 26.4. The van der Waals surface area contributed by atoms with Crippen molar-refractivity contribution in [2.75, 3.05) is 5.32 Å². The van der Waals surface area contributed by atoms with Gasteiger partial charge in [0, 0.05) is 0 Å². The Hall–Kier alpha value is -2.21. The van der Waals surface area contributed by atoms with Gasteiger partial charge in [-0.15, -0.1) is 0 Å². The van der Waals surface area contributed by atoms with Crippen LogP contribution in [0.4, 0.5) is 20.3 Å². The SMILES string of the molecule is O=C(O)c1nc(Nc2cccc(F)c2F)ccc1Cl. The van der Waals surface area contributed by atoms with Crippen molar-refractivity contribution in [1.82, 2.24) is 4.98 Å². The highest BCUT2D eigenvalue weighted by molar-refractivity contribution is 6.33. The Morgan fingerprint density at radius 3 is 2.68 bits per heavy atom. The summed E-state index contributed by atoms with van der Waals surface area (Å²) in [6, 6.07) is 6.25. The number of aromatic nitrogens is 1. The largest absolute Gasteiger partial charge is 0.476 e. The third-order valence-electron chi connectivity index (χ3n) is 2.26. The van der Waals surface area contributed by atoms with Crippen LogP contribution in [-0.2, 0) is 0 Å². The Labute approximate surface area is 111 Å². The maximum atomic E-state index is 13.4. The van der Waals surface area contributed by atoms with Gasteiger partial charge in [0.05, 0.1) is 10.7 Å². The topological polar surface area (TPSA) is 62.2 Å². The second-order valence-corrected chi connectivity index (χ2v) is 3.97. The van der Waals surface area contributed by atoms with E-state index in [0.29, 0.717) is 0 Å². The molecule has 0 spiro atoms. The molecular weight excluding hydrogens is 278 g/mol. The molecule has 1 aromatic heterocycles. The van der Waals surface area contributed by atoms with Crippen LogP contribution in [0.25, 0.3) is 0 Å². The lowest BCUT2D eigenvalue weighted by Gasteiger charge is -2.08. The van der Waals surface area contributed by atoms with Crippen LogP contribution in [0.1, 0.15) is 10.5 Å². The van der Waals surface area contributed by atoms with Crippen molar-refractivity contribution in [3.63, 3.8) is 0 Å². The van der Waals surface area contributed by atoms with E-state index < -0.39 is 17.6 Å². The van der Waals surface area contributed by atoms with E-state index in [4.69, 9.17) is 16.7 Å². The van der Waals surface area contributed by atoms with E-state index in [-0.39, 0.29) is 22.2 Å². The van der Waals surface area contributed by atoms with Gasteiger partial charge in [-0.1, -0.05) is 17.7 Å². The van der Waals surface area contributed by atoms with Crippen LogP contribution in [0, 0.1) is 11.6 Å². The first-order chi connectivity index (χ1) is 8.99. The predicted molar refractivity (Wildman–Crippen MR) is 65.8 cm³/mol. The summed E-state index contributed by atoms with van der Waals surface area (Å²) in [5, 5.41) is 11.3. The maximum Gasteiger partial charge on any atom is 0.356 e. The molecular formula is C12H7ClF2N2O2. The van der Waals surface area contributed by atoms with Crippen LogP contribution in [0.3, 0.4) is 0 Å². The van der Waals surface area contributed by atoms with Gasteiger partial charge in [-0.05, 0) is 24.3 Å². The Morgan fingerprint density at radius 1 is 1.26 bits per heavy atom. The van der Waals surface area contributed by atoms with Gasteiger partial charge >= 0.3 is 5.97 Å². The van der Waals surface area contributed by atoms with E-state index in [1.807, 2.05) is 0 Å². The van der Waals surface area contributed by atoms with Gasteiger partial charge in [0.2, 0.25) is 0 Å². The number of carbonyl (C=O) groups is 1. The number of carboxylic acid groups (broad SMARTS) is 1. The quantitative estimate of drug-likeness (QED) is 0.906. The fraction of sp³-hybridized carbons (Fsp3) is 0. The van der Waals surface area contributed by atoms with E-state index in [2.05, 4.69) is 10.3 Å². The Morgan fingerprint density at radius 2 is 2.00 bits per heavy atom. The van der Waals surface area contributed by atoms with E-state index in [0.717, 1.165) is 6.07 Å². The van der Waals surface area contributed by atoms with E-state index >= 15 is 0 Å². The number of anilines is 2. The minimum Gasteiger partial charge on any atom is -0.476 e. The summed E-state index contributed by atoms with van der Waals surface area (Å²) in [4.78, 5) is 14.5. The molecule has 0 bridgehead atoms. The molecule has 0 atom stereocenters. The highest BCUT2D eigenvalue weighted by atomic mass is 35.5. The first kappa shape index (κ1) is 13.2. The number of hydrogen-bond donors (Lipinski definition) is 2. The molecule has 1 aromatic carbocycles. The Kier molecular flexibility index (Phi) is 3.62. The average Bonchev–Trinajstić information content (AvgIpc) is 2.37. The summed E-state index contributed by atoms with van der Waals surface area (Å²) in [5.41, 5.74) is -0.519. The second kappa shape index (κ2) is 5.19. The normalized spacial score (nSPS) is 10.3. The highest BCUT2D eigenvalue weighted by Crippen LogP contribution is 2.23. The molecule has 2 aromatic rings. The number of nitrogens with one attached hydrogen (secondary N) is 1. The minimum atomic E-state index is -1.31. The van der Waals surface area contributed by atoms with E-state index in [1.54, 1.807) is 0 Å². The van der Waals surface area contributed by atoms with Crippen molar-refractivity contribution < 1.29 is 18.7 Å². The lowest BCUT2D eigenvalue weighted by Crippen LogP contribution is -2.05. The lowest BCUT2D eigenvalue weighted by molar-refractivity contribution is 0.0691. The van der Waals surface area contributed by atoms with Crippen LogP contribution < -0.4 is 5.32 Å². The molecule has 0 aliphatic heterocycles. The van der Waals surface area contributed by atoms with E-state index in [1.165, 1.54) is 24.3 Å². The zero-order valence-corrected chi connectivity index (χ0v) is 10.1. The van der Waals surface area contributed by atoms with Gasteiger partial charge < -0.3 is 10.4 Å². The molecule has 0 radical (unpaired) electrons. The molecule has 7 heteroatoms. The number of hydrogen-bond acceptors (Lipinski definition) is 3. The fourth-order valence-corrected chi connectivity index (χ4v) is 1.59. The van der Waals surface area contributed by atoms with Crippen molar-refractivity contribution >= 4 is 29.1 Å². The van der Waals surface area contributed by atoms with Crippen LogP contribution in [0.15, 0.2) is 30.3 Å². The Bertz CT molecular complexity index is 650. The van der Waals surface area contributed by atoms with Crippen molar-refractivity contribution in [2.45, 2.75) is 0 Å². The van der Waals surface area contributed by atoms with Crippen molar-refractivity contribution in [2.24, 2.45) is 0 Å². The summed E-state index contributed by atoms with van der Waals surface area (Å²) in [6.07, 6.45) is 0. The predicted octanol–water partition coefficient (Wildman–Crippen LogP) is 3.46. The van der Waals surface area contributed by atoms with Crippen LogP contribution in [-0.4, -0.2) is 16.1 Å². The number of aromatic carboxylic acids is 1. The van der Waals surface area contributed by atoms with E-state index in [9.17, 15) is 13.6 Å². The monoisotopic (exact) mass is 284 g/mol. The molecule has 0 aliphatic carbocycles. The lowest BCUT2D eigenvalue weighted by atomic mass is 10.3. The molecule has 0 amide bonds. The summed E-state index contributed by atoms with van der Waals surface area (Å²) in [7, 11) is 0. The van der Waals surface area contributed by atoms with Gasteiger partial charge in [0.15, 0.2) is 17.3 Å². The van der Waals surface area contributed by atoms with Gasteiger partial charge in [0.25, 0.3) is 0 Å². The van der Waals surface area contributed by atoms with Gasteiger partial charge in [-0.25, -0.2) is 18.6 Å². The third-order valence-corrected chi connectivity index (χ3v) is 2.57. The number of rotatable bonds is 3. The number of halogens is 3. The molecule has 19 heavy (non-hydrogen) atoms. The van der Waals surface area contributed by atoms with Crippen molar-refractivity contribution in [3.05, 3.63) is 52.7 Å². The average molecular weight is 285 g/mol. The third kappa shape index (κ3) is 2.79. The molecule has 0 saturated heterocycles. The van der Waals surface area contributed by atoms with Crippen molar-refractivity contribution in [1.29, 1.82) is 0 Å². The molecule has 2 N–H and O–H groups in total. The number of pyridine rings is 1. The van der Waals surface area contributed by atoms with Crippen molar-refractivity contribution in [3.8, 4) is 0 Å². The van der Waals surface area contributed by atoms with Crippen LogP contribution in [0.5, 0.6) is 0 Å². The maximum absolute atomic E-state index is 13.4. The van der Waals surface area contributed by atoms with Crippen LogP contribution in [0.2, 0.25) is 5.02 Å². The Balaban J connectivity index is 2.36. The second-order valence-electron chi connectivity index (χ2n) is 3.56. The minimum absolute atomic E-state index is 0.0437. The molecule has 0 aliphatic rings. The zero-order valence-electron chi connectivity index (χ0n) is 9.32. The first-order valence-electron chi connectivity index (χ1n) is 5.10. The number of benzene rings is 1. The fourth-order valence-electron chi connectivity index (χ4n) is 1.40. The molecule has 4 nitrogen and oxygen atoms in total. The standard InChI is InChI=1S/C12H7ClF2N2O2/c13-6-4-5-9(17-11(6)12(18)19)16-8-3-1-2-7(14)10(8)15/h1-5H,(H,16,17)(H,18,19). The van der Waals surface area contributed by atoms with Crippen LogP contribution >= 0.6 is 11.6 Å². The molecule has 0 fully saturated rings. The van der Waals surface area contributed by atoms with Gasteiger partial charge in [-0.2, -0.15) is 0 Å². The first-order valence-corrected chi connectivity index (χ1v) is 5.47. The molecule has 2 rings (SSSR count). The number of nitrogens with zero attached hydrogens (tertiary/aromatic N) is 1. The molecule has 0 saturated carbocycles. The highest BCUT2D eigenvalue weighted by Gasteiger charge is 2.13. The summed E-state index contributed by atoms with van der Waals surface area (Å²) in [6.45, 7) is 0. The molecule has 0 unspecified atom stereocenters. The van der Waals surface area contributed by atoms with Gasteiger partial charge in [0.1, 0.15) is 5.82 Å². The number of carboxylic acids is 1.